The predicted molar refractivity (Wildman–Crippen MR) is 131 cm³/mol. The number of anilines is 1. The van der Waals surface area contributed by atoms with Crippen molar-refractivity contribution in [3.8, 4) is 5.75 Å². The average Bonchev–Trinajstić information content (AvgIpc) is 2.84. The van der Waals surface area contributed by atoms with Crippen molar-refractivity contribution in [2.75, 3.05) is 18.4 Å². The molecule has 0 aromatic heterocycles. The molecule has 0 unspecified atom stereocenters. The number of hydrogen-bond donors (Lipinski definition) is 3. The fraction of sp³-hybridized carbons (Fsp3) is 0.200. The Labute approximate surface area is 199 Å². The number of nitrogens with one attached hydrogen (secondary N) is 3. The molecular weight excluding hydrogens is 454 g/mol. The molecule has 0 heterocycles. The van der Waals surface area contributed by atoms with E-state index >= 15 is 0 Å². The van der Waals surface area contributed by atoms with Crippen molar-refractivity contribution >= 4 is 27.5 Å². The Morgan fingerprint density at radius 2 is 1.59 bits per heavy atom. The second-order valence-corrected chi connectivity index (χ2v) is 9.16. The molecule has 8 nitrogen and oxygen atoms in total. The third-order valence-electron chi connectivity index (χ3n) is 5.13. The number of para-hydroxylation sites is 1. The van der Waals surface area contributed by atoms with Gasteiger partial charge in [0.15, 0.2) is 0 Å². The fourth-order valence-corrected chi connectivity index (χ4v) is 4.47. The molecule has 0 aliphatic carbocycles. The fourth-order valence-electron chi connectivity index (χ4n) is 3.36. The Kier molecular flexibility index (Phi) is 7.91. The molecule has 0 aliphatic rings. The van der Waals surface area contributed by atoms with Crippen LogP contribution in [0.25, 0.3) is 0 Å². The van der Waals surface area contributed by atoms with E-state index in [-0.39, 0.29) is 33.5 Å². The van der Waals surface area contributed by atoms with Crippen molar-refractivity contribution < 1.29 is 22.7 Å². The van der Waals surface area contributed by atoms with E-state index in [0.29, 0.717) is 6.54 Å². The smallest absolute Gasteiger partial charge is 0.261 e. The minimum absolute atomic E-state index is 0.0925. The zero-order chi connectivity index (χ0) is 24.7. The lowest BCUT2D eigenvalue weighted by atomic mass is 10.1. The van der Waals surface area contributed by atoms with Gasteiger partial charge in [-0.3, -0.25) is 14.3 Å². The molecule has 0 bridgehead atoms. The predicted octanol–water partition coefficient (Wildman–Crippen LogP) is 3.74. The first-order valence-corrected chi connectivity index (χ1v) is 12.2. The first-order valence-electron chi connectivity index (χ1n) is 10.7. The van der Waals surface area contributed by atoms with Gasteiger partial charge in [0.2, 0.25) is 0 Å². The number of sulfonamides is 1. The normalized spacial score (nSPS) is 11.9. The minimum atomic E-state index is -4.11. The van der Waals surface area contributed by atoms with Gasteiger partial charge < -0.3 is 15.4 Å². The van der Waals surface area contributed by atoms with E-state index in [1.165, 1.54) is 31.4 Å². The second kappa shape index (κ2) is 10.8. The molecule has 0 fully saturated rings. The highest BCUT2D eigenvalue weighted by Gasteiger charge is 2.22. The highest BCUT2D eigenvalue weighted by molar-refractivity contribution is 7.92. The maximum atomic E-state index is 13.1. The largest absolute Gasteiger partial charge is 0.496 e. The monoisotopic (exact) mass is 481 g/mol. The van der Waals surface area contributed by atoms with Gasteiger partial charge in [0.05, 0.1) is 34.9 Å². The summed E-state index contributed by atoms with van der Waals surface area (Å²) in [7, 11) is -2.71. The van der Waals surface area contributed by atoms with Gasteiger partial charge in [-0.2, -0.15) is 0 Å². The summed E-state index contributed by atoms with van der Waals surface area (Å²) in [6, 6.07) is 19.5. The molecule has 3 rings (SSSR count). The summed E-state index contributed by atoms with van der Waals surface area (Å²) >= 11 is 0. The van der Waals surface area contributed by atoms with Gasteiger partial charge in [-0.05, 0) is 49.7 Å². The molecule has 3 aromatic carbocycles. The molecule has 34 heavy (non-hydrogen) atoms. The van der Waals surface area contributed by atoms with Gasteiger partial charge >= 0.3 is 0 Å². The van der Waals surface area contributed by atoms with Crippen molar-refractivity contribution in [2.45, 2.75) is 24.8 Å². The highest BCUT2D eigenvalue weighted by Crippen LogP contribution is 2.26. The van der Waals surface area contributed by atoms with Crippen LogP contribution in [0, 0.1) is 0 Å². The maximum Gasteiger partial charge on any atom is 0.261 e. The number of hydrogen-bond acceptors (Lipinski definition) is 5. The lowest BCUT2D eigenvalue weighted by Gasteiger charge is -2.17. The van der Waals surface area contributed by atoms with Crippen LogP contribution in [-0.4, -0.2) is 33.9 Å². The Morgan fingerprint density at radius 3 is 2.26 bits per heavy atom. The lowest BCUT2D eigenvalue weighted by molar-refractivity contribution is 0.0936. The van der Waals surface area contributed by atoms with Crippen LogP contribution < -0.4 is 20.1 Å². The molecule has 3 N–H and O–H groups in total. The quantitative estimate of drug-likeness (QED) is 0.431. The Bertz CT molecular complexity index is 1280. The van der Waals surface area contributed by atoms with E-state index in [4.69, 9.17) is 4.74 Å². The molecular formula is C25H27N3O5S. The second-order valence-electron chi connectivity index (χ2n) is 7.48. The summed E-state index contributed by atoms with van der Waals surface area (Å²) in [6.45, 7) is 3.98. The summed E-state index contributed by atoms with van der Waals surface area (Å²) in [5.74, 6) is -0.627. The summed E-state index contributed by atoms with van der Waals surface area (Å²) in [4.78, 5) is 25.2. The van der Waals surface area contributed by atoms with E-state index in [2.05, 4.69) is 15.4 Å². The van der Waals surface area contributed by atoms with Crippen LogP contribution in [0.5, 0.6) is 5.75 Å². The minimum Gasteiger partial charge on any atom is -0.496 e. The summed E-state index contributed by atoms with van der Waals surface area (Å²) in [6.07, 6.45) is 0. The summed E-state index contributed by atoms with van der Waals surface area (Å²) in [5, 5.41) is 5.52. The molecule has 0 aliphatic heterocycles. The third-order valence-corrected chi connectivity index (χ3v) is 6.49. The van der Waals surface area contributed by atoms with Crippen LogP contribution in [0.3, 0.4) is 0 Å². The zero-order valence-corrected chi connectivity index (χ0v) is 20.0. The molecule has 3 aromatic rings. The van der Waals surface area contributed by atoms with Crippen molar-refractivity contribution in [1.29, 1.82) is 0 Å². The first kappa shape index (κ1) is 24.8. The zero-order valence-electron chi connectivity index (χ0n) is 19.2. The van der Waals surface area contributed by atoms with E-state index in [1.54, 1.807) is 25.1 Å². The Morgan fingerprint density at radius 1 is 0.912 bits per heavy atom. The molecule has 178 valence electrons. The van der Waals surface area contributed by atoms with Crippen LogP contribution >= 0.6 is 0 Å². The molecule has 1 atom stereocenters. The molecule has 0 spiro atoms. The lowest BCUT2D eigenvalue weighted by Crippen LogP contribution is -2.28. The van der Waals surface area contributed by atoms with Gasteiger partial charge in [-0.15, -0.1) is 0 Å². The van der Waals surface area contributed by atoms with Gasteiger partial charge in [0, 0.05) is 6.54 Å². The number of amides is 2. The molecule has 2 amide bonds. The number of rotatable bonds is 9. The highest BCUT2D eigenvalue weighted by atomic mass is 32.2. The van der Waals surface area contributed by atoms with Crippen LogP contribution in [0.2, 0.25) is 0 Å². The molecule has 0 saturated carbocycles. The van der Waals surface area contributed by atoms with Crippen molar-refractivity contribution in [1.82, 2.24) is 10.6 Å². The van der Waals surface area contributed by atoms with Crippen molar-refractivity contribution in [3.05, 3.63) is 89.5 Å². The number of benzene rings is 3. The molecule has 0 radical (unpaired) electrons. The third kappa shape index (κ3) is 5.74. The van der Waals surface area contributed by atoms with E-state index in [9.17, 15) is 18.0 Å². The number of ether oxygens (including phenoxy) is 1. The maximum absolute atomic E-state index is 13.1. The first-order chi connectivity index (χ1) is 16.3. The SMILES string of the molecule is CCNC(=O)c1cc(S(=O)(=O)Nc2ccccc2C(=O)N[C@@H](C)c2ccccc2)ccc1OC. The van der Waals surface area contributed by atoms with Crippen LogP contribution in [0.4, 0.5) is 5.69 Å². The molecule has 0 saturated heterocycles. The van der Waals surface area contributed by atoms with Gasteiger partial charge in [-0.25, -0.2) is 8.42 Å². The Balaban J connectivity index is 1.88. The number of carbonyl (C=O) groups excluding carboxylic acids is 2. The topological polar surface area (TPSA) is 114 Å². The van der Waals surface area contributed by atoms with Crippen LogP contribution in [-0.2, 0) is 10.0 Å². The number of methoxy groups -OCH3 is 1. The van der Waals surface area contributed by atoms with Crippen LogP contribution in [0.15, 0.2) is 77.7 Å². The Hall–Kier alpha value is -3.85. The standard InChI is InChI=1S/C25H27N3O5S/c1-4-26-24(29)21-16-19(14-15-23(21)33-3)34(31,32)28-22-13-9-8-12-20(22)25(30)27-17(2)18-10-6-5-7-11-18/h5-17,28H,4H2,1-3H3,(H,26,29)(H,27,30)/t17-/m0/s1. The van der Waals surface area contributed by atoms with Gasteiger partial charge in [0.25, 0.3) is 21.8 Å². The summed E-state index contributed by atoms with van der Waals surface area (Å²) < 4.78 is 33.9. The van der Waals surface area contributed by atoms with E-state index < -0.39 is 21.8 Å². The van der Waals surface area contributed by atoms with E-state index in [1.807, 2.05) is 37.3 Å². The number of carbonyl (C=O) groups is 2. The summed E-state index contributed by atoms with van der Waals surface area (Å²) in [5.41, 5.74) is 1.31. The van der Waals surface area contributed by atoms with Crippen LogP contribution in [0.1, 0.15) is 46.2 Å². The van der Waals surface area contributed by atoms with Crippen molar-refractivity contribution in [3.63, 3.8) is 0 Å². The van der Waals surface area contributed by atoms with Gasteiger partial charge in [0.1, 0.15) is 5.75 Å². The van der Waals surface area contributed by atoms with Crippen molar-refractivity contribution in [2.24, 2.45) is 0 Å². The van der Waals surface area contributed by atoms with Gasteiger partial charge in [-0.1, -0.05) is 42.5 Å². The average molecular weight is 482 g/mol. The molecule has 9 heteroatoms. The van der Waals surface area contributed by atoms with E-state index in [0.717, 1.165) is 5.56 Å².